The molecule has 1 fully saturated rings. The van der Waals surface area contributed by atoms with Crippen LogP contribution in [0.3, 0.4) is 0 Å². The maximum Gasteiger partial charge on any atom is 0.325 e. The third-order valence-electron chi connectivity index (χ3n) is 3.70. The van der Waals surface area contributed by atoms with Gasteiger partial charge in [0.25, 0.3) is 11.8 Å². The molecule has 1 aliphatic heterocycles. The zero-order valence-electron chi connectivity index (χ0n) is 13.4. The van der Waals surface area contributed by atoms with Gasteiger partial charge < -0.3 is 25.8 Å². The van der Waals surface area contributed by atoms with Gasteiger partial charge in [0.2, 0.25) is 0 Å². The van der Waals surface area contributed by atoms with Crippen molar-refractivity contribution in [2.75, 3.05) is 25.5 Å². The number of hydrogen-bond donors (Lipinski definition) is 3. The SMILES string of the molecule is COC(=O)CNC(=O)c1ccc(NC(=O)[C@@H]2CC[C@H](CN)O2)cc1. The molecule has 0 aliphatic carbocycles. The molecule has 0 aromatic heterocycles. The van der Waals surface area contributed by atoms with Crippen LogP contribution in [-0.4, -0.2) is 50.2 Å². The van der Waals surface area contributed by atoms with E-state index in [1.54, 1.807) is 24.3 Å². The van der Waals surface area contributed by atoms with Gasteiger partial charge in [0.05, 0.1) is 13.2 Å². The molecular formula is C16H21N3O5. The lowest BCUT2D eigenvalue weighted by atomic mass is 10.1. The molecule has 1 aliphatic rings. The van der Waals surface area contributed by atoms with E-state index >= 15 is 0 Å². The van der Waals surface area contributed by atoms with Gasteiger partial charge in [-0.3, -0.25) is 14.4 Å². The number of carbonyl (C=O) groups excluding carboxylic acids is 3. The number of anilines is 1. The van der Waals surface area contributed by atoms with Crippen molar-refractivity contribution in [1.82, 2.24) is 5.32 Å². The Kier molecular flexibility index (Phi) is 6.28. The number of nitrogens with two attached hydrogens (primary N) is 1. The highest BCUT2D eigenvalue weighted by atomic mass is 16.5. The molecule has 1 saturated heterocycles. The highest BCUT2D eigenvalue weighted by molar-refractivity contribution is 5.97. The van der Waals surface area contributed by atoms with Gasteiger partial charge in [0, 0.05) is 17.8 Å². The topological polar surface area (TPSA) is 120 Å². The number of methoxy groups -OCH3 is 1. The number of esters is 1. The molecule has 8 heteroatoms. The molecular weight excluding hydrogens is 314 g/mol. The maximum atomic E-state index is 12.1. The van der Waals surface area contributed by atoms with Crippen molar-refractivity contribution in [3.05, 3.63) is 29.8 Å². The molecule has 0 saturated carbocycles. The maximum absolute atomic E-state index is 12.1. The van der Waals surface area contributed by atoms with Crippen LogP contribution in [0.25, 0.3) is 0 Å². The molecule has 0 unspecified atom stereocenters. The largest absolute Gasteiger partial charge is 0.468 e. The molecule has 0 spiro atoms. The lowest BCUT2D eigenvalue weighted by Crippen LogP contribution is -2.30. The molecule has 8 nitrogen and oxygen atoms in total. The Bertz CT molecular complexity index is 602. The number of amides is 2. The predicted molar refractivity (Wildman–Crippen MR) is 86.4 cm³/mol. The molecule has 2 atom stereocenters. The van der Waals surface area contributed by atoms with E-state index in [0.29, 0.717) is 24.2 Å². The van der Waals surface area contributed by atoms with Gasteiger partial charge in [-0.05, 0) is 37.1 Å². The summed E-state index contributed by atoms with van der Waals surface area (Å²) in [5.41, 5.74) is 6.45. The van der Waals surface area contributed by atoms with E-state index in [1.807, 2.05) is 0 Å². The number of benzene rings is 1. The van der Waals surface area contributed by atoms with E-state index in [4.69, 9.17) is 10.5 Å². The zero-order valence-corrected chi connectivity index (χ0v) is 13.4. The number of rotatable bonds is 6. The van der Waals surface area contributed by atoms with Crippen molar-refractivity contribution < 1.29 is 23.9 Å². The lowest BCUT2D eigenvalue weighted by Gasteiger charge is -2.13. The quantitative estimate of drug-likeness (QED) is 0.631. The van der Waals surface area contributed by atoms with Crippen LogP contribution in [0.4, 0.5) is 5.69 Å². The molecule has 0 bridgehead atoms. The van der Waals surface area contributed by atoms with Crippen LogP contribution in [-0.2, 0) is 19.1 Å². The molecule has 0 radical (unpaired) electrons. The fourth-order valence-corrected chi connectivity index (χ4v) is 2.33. The Balaban J connectivity index is 1.86. The summed E-state index contributed by atoms with van der Waals surface area (Å²) in [5.74, 6) is -1.16. The highest BCUT2D eigenvalue weighted by Crippen LogP contribution is 2.20. The molecule has 1 aromatic rings. The predicted octanol–water partition coefficient (Wildman–Crippen LogP) is 0.0342. The average molecular weight is 335 g/mol. The summed E-state index contributed by atoms with van der Waals surface area (Å²) >= 11 is 0. The fraction of sp³-hybridized carbons (Fsp3) is 0.438. The Morgan fingerprint density at radius 3 is 2.54 bits per heavy atom. The lowest BCUT2D eigenvalue weighted by molar-refractivity contribution is -0.139. The summed E-state index contributed by atoms with van der Waals surface area (Å²) in [5, 5.41) is 5.18. The van der Waals surface area contributed by atoms with Crippen LogP contribution in [0, 0.1) is 0 Å². The smallest absolute Gasteiger partial charge is 0.325 e. The number of hydrogen-bond acceptors (Lipinski definition) is 6. The van der Waals surface area contributed by atoms with Gasteiger partial charge in [0.1, 0.15) is 12.6 Å². The monoisotopic (exact) mass is 335 g/mol. The van der Waals surface area contributed by atoms with Crippen LogP contribution in [0.5, 0.6) is 0 Å². The van der Waals surface area contributed by atoms with Crippen molar-refractivity contribution in [1.29, 1.82) is 0 Å². The second-order valence-electron chi connectivity index (χ2n) is 5.39. The Labute approximate surface area is 139 Å². The molecule has 4 N–H and O–H groups in total. The number of carbonyl (C=O) groups is 3. The van der Waals surface area contributed by atoms with Crippen molar-refractivity contribution in [2.24, 2.45) is 5.73 Å². The van der Waals surface area contributed by atoms with E-state index < -0.39 is 18.0 Å². The van der Waals surface area contributed by atoms with Gasteiger partial charge in [-0.25, -0.2) is 0 Å². The van der Waals surface area contributed by atoms with Crippen LogP contribution >= 0.6 is 0 Å². The van der Waals surface area contributed by atoms with Crippen LogP contribution < -0.4 is 16.4 Å². The summed E-state index contributed by atoms with van der Waals surface area (Å²) in [4.78, 5) is 34.9. The van der Waals surface area contributed by atoms with E-state index in [-0.39, 0.29) is 18.6 Å². The van der Waals surface area contributed by atoms with Gasteiger partial charge in [-0.15, -0.1) is 0 Å². The van der Waals surface area contributed by atoms with Gasteiger partial charge in [-0.1, -0.05) is 0 Å². The average Bonchev–Trinajstić information content (AvgIpc) is 3.09. The molecule has 24 heavy (non-hydrogen) atoms. The first-order valence-electron chi connectivity index (χ1n) is 7.65. The third-order valence-corrected chi connectivity index (χ3v) is 3.70. The third kappa shape index (κ3) is 4.77. The van der Waals surface area contributed by atoms with Crippen molar-refractivity contribution >= 4 is 23.5 Å². The first kappa shape index (κ1) is 17.9. The van der Waals surface area contributed by atoms with E-state index in [9.17, 15) is 14.4 Å². The minimum Gasteiger partial charge on any atom is -0.468 e. The summed E-state index contributed by atoms with van der Waals surface area (Å²) in [6.07, 6.45) is 0.846. The second-order valence-corrected chi connectivity index (χ2v) is 5.39. The summed E-state index contributed by atoms with van der Waals surface area (Å²) in [7, 11) is 1.25. The normalized spacial score (nSPS) is 19.6. The van der Waals surface area contributed by atoms with Crippen LogP contribution in [0.1, 0.15) is 23.2 Å². The minimum absolute atomic E-state index is 0.0679. The van der Waals surface area contributed by atoms with E-state index in [1.165, 1.54) is 7.11 Å². The first-order valence-corrected chi connectivity index (χ1v) is 7.65. The number of ether oxygens (including phenoxy) is 2. The van der Waals surface area contributed by atoms with Crippen molar-refractivity contribution in [3.63, 3.8) is 0 Å². The minimum atomic E-state index is -0.528. The highest BCUT2D eigenvalue weighted by Gasteiger charge is 2.29. The van der Waals surface area contributed by atoms with Crippen LogP contribution in [0.15, 0.2) is 24.3 Å². The van der Waals surface area contributed by atoms with Gasteiger partial charge in [-0.2, -0.15) is 0 Å². The summed E-state index contributed by atoms with van der Waals surface area (Å²) < 4.78 is 9.97. The van der Waals surface area contributed by atoms with E-state index in [2.05, 4.69) is 15.4 Å². The van der Waals surface area contributed by atoms with Crippen molar-refractivity contribution in [3.8, 4) is 0 Å². The van der Waals surface area contributed by atoms with E-state index in [0.717, 1.165) is 6.42 Å². The van der Waals surface area contributed by atoms with Crippen LogP contribution in [0.2, 0.25) is 0 Å². The Morgan fingerprint density at radius 1 is 1.25 bits per heavy atom. The summed E-state index contributed by atoms with van der Waals surface area (Å²) in [6.45, 7) is 0.203. The Morgan fingerprint density at radius 2 is 1.96 bits per heavy atom. The van der Waals surface area contributed by atoms with Crippen molar-refractivity contribution in [2.45, 2.75) is 25.0 Å². The van der Waals surface area contributed by atoms with Gasteiger partial charge in [0.15, 0.2) is 0 Å². The molecule has 2 rings (SSSR count). The molecule has 2 amide bonds. The molecule has 1 aromatic carbocycles. The standard InChI is InChI=1S/C16H21N3O5/c1-23-14(20)9-18-15(21)10-2-4-11(5-3-10)19-16(22)13-7-6-12(8-17)24-13/h2-5,12-13H,6-9,17H2,1H3,(H,18,21)(H,19,22)/t12-,13+/m1/s1. The first-order chi connectivity index (χ1) is 11.5. The summed E-state index contributed by atoms with van der Waals surface area (Å²) in [6, 6.07) is 6.33. The molecule has 130 valence electrons. The molecule has 1 heterocycles. The number of nitrogens with one attached hydrogen (secondary N) is 2. The van der Waals surface area contributed by atoms with Gasteiger partial charge >= 0.3 is 5.97 Å². The Hall–Kier alpha value is -2.45. The fourth-order valence-electron chi connectivity index (χ4n) is 2.33. The second kappa shape index (κ2) is 8.42. The zero-order chi connectivity index (χ0) is 17.5.